The van der Waals surface area contributed by atoms with Gasteiger partial charge in [-0.25, -0.2) is 0 Å². The summed E-state index contributed by atoms with van der Waals surface area (Å²) in [6, 6.07) is 1.40. The standard InChI is InChI=1S/C17H36N2O/c1-6-15(5)17-13-19(16(7-2)12-18-17)10-8-9-11-20-14(3)4/h14-18H,6-13H2,1-5H3. The largest absolute Gasteiger partial charge is 0.379 e. The number of unbranched alkanes of at least 4 members (excludes halogenated alkanes) is 1. The molecule has 1 heterocycles. The molecule has 0 saturated carbocycles. The van der Waals surface area contributed by atoms with Crippen molar-refractivity contribution in [3.05, 3.63) is 0 Å². The number of hydrogen-bond donors (Lipinski definition) is 1. The van der Waals surface area contributed by atoms with Crippen LogP contribution in [-0.4, -0.2) is 49.3 Å². The van der Waals surface area contributed by atoms with Gasteiger partial charge in [0.25, 0.3) is 0 Å². The quantitative estimate of drug-likeness (QED) is 0.658. The second-order valence-electron chi connectivity index (χ2n) is 6.58. The van der Waals surface area contributed by atoms with E-state index in [-0.39, 0.29) is 0 Å². The van der Waals surface area contributed by atoms with Gasteiger partial charge in [0.15, 0.2) is 0 Å². The van der Waals surface area contributed by atoms with Crippen LogP contribution in [0.1, 0.15) is 60.3 Å². The maximum absolute atomic E-state index is 5.63. The lowest BCUT2D eigenvalue weighted by Gasteiger charge is -2.42. The van der Waals surface area contributed by atoms with Crippen LogP contribution >= 0.6 is 0 Å². The molecule has 1 fully saturated rings. The predicted octanol–water partition coefficient (Wildman–Crippen LogP) is 3.29. The topological polar surface area (TPSA) is 24.5 Å². The predicted molar refractivity (Wildman–Crippen MR) is 87.2 cm³/mol. The fourth-order valence-corrected chi connectivity index (χ4v) is 2.96. The Bertz CT molecular complexity index is 245. The van der Waals surface area contributed by atoms with E-state index in [9.17, 15) is 0 Å². The molecule has 3 atom stereocenters. The van der Waals surface area contributed by atoms with Crippen LogP contribution in [0.5, 0.6) is 0 Å². The van der Waals surface area contributed by atoms with Crippen LogP contribution in [0.4, 0.5) is 0 Å². The Morgan fingerprint density at radius 2 is 1.95 bits per heavy atom. The maximum Gasteiger partial charge on any atom is 0.0518 e. The second-order valence-corrected chi connectivity index (χ2v) is 6.58. The number of rotatable bonds is 9. The number of hydrogen-bond acceptors (Lipinski definition) is 3. The van der Waals surface area contributed by atoms with E-state index >= 15 is 0 Å². The molecule has 1 aliphatic rings. The van der Waals surface area contributed by atoms with Crippen LogP contribution in [0.3, 0.4) is 0 Å². The first-order valence-corrected chi connectivity index (χ1v) is 8.67. The highest BCUT2D eigenvalue weighted by atomic mass is 16.5. The highest BCUT2D eigenvalue weighted by Crippen LogP contribution is 2.17. The molecule has 0 bridgehead atoms. The minimum absolute atomic E-state index is 0.368. The minimum Gasteiger partial charge on any atom is -0.379 e. The van der Waals surface area contributed by atoms with Crippen molar-refractivity contribution >= 4 is 0 Å². The molecule has 0 aliphatic carbocycles. The molecule has 1 saturated heterocycles. The molecular weight excluding hydrogens is 248 g/mol. The average molecular weight is 284 g/mol. The summed E-state index contributed by atoms with van der Waals surface area (Å²) in [7, 11) is 0. The van der Waals surface area contributed by atoms with Crippen molar-refractivity contribution < 1.29 is 4.74 Å². The van der Waals surface area contributed by atoms with Gasteiger partial charge in [-0.2, -0.15) is 0 Å². The van der Waals surface area contributed by atoms with E-state index in [4.69, 9.17) is 4.74 Å². The molecule has 20 heavy (non-hydrogen) atoms. The lowest BCUT2D eigenvalue weighted by Crippen LogP contribution is -2.58. The highest BCUT2D eigenvalue weighted by Gasteiger charge is 2.28. The van der Waals surface area contributed by atoms with Crippen molar-refractivity contribution in [3.8, 4) is 0 Å². The van der Waals surface area contributed by atoms with Crippen molar-refractivity contribution in [3.63, 3.8) is 0 Å². The highest BCUT2D eigenvalue weighted by molar-refractivity contribution is 4.87. The van der Waals surface area contributed by atoms with Gasteiger partial charge < -0.3 is 10.1 Å². The summed E-state index contributed by atoms with van der Waals surface area (Å²) in [5.74, 6) is 0.777. The molecule has 0 radical (unpaired) electrons. The van der Waals surface area contributed by atoms with Crippen LogP contribution in [-0.2, 0) is 4.74 Å². The van der Waals surface area contributed by atoms with Gasteiger partial charge in [-0.3, -0.25) is 4.90 Å². The van der Waals surface area contributed by atoms with E-state index in [0.717, 1.165) is 25.1 Å². The van der Waals surface area contributed by atoms with Gasteiger partial charge in [-0.05, 0) is 45.6 Å². The Labute approximate surface area is 126 Å². The molecule has 3 heteroatoms. The Morgan fingerprint density at radius 1 is 1.20 bits per heavy atom. The van der Waals surface area contributed by atoms with Gasteiger partial charge in [-0.15, -0.1) is 0 Å². The number of piperazine rings is 1. The number of ether oxygens (including phenoxy) is 1. The van der Waals surface area contributed by atoms with E-state index in [2.05, 4.69) is 44.8 Å². The van der Waals surface area contributed by atoms with Crippen molar-refractivity contribution in [2.75, 3.05) is 26.2 Å². The summed E-state index contributed by atoms with van der Waals surface area (Å²) in [6.45, 7) is 15.7. The van der Waals surface area contributed by atoms with Gasteiger partial charge in [0.2, 0.25) is 0 Å². The number of nitrogens with zero attached hydrogens (tertiary/aromatic N) is 1. The second kappa shape index (κ2) is 9.75. The van der Waals surface area contributed by atoms with Gasteiger partial charge in [0.1, 0.15) is 0 Å². The molecule has 120 valence electrons. The third kappa shape index (κ3) is 6.11. The van der Waals surface area contributed by atoms with E-state index in [1.165, 1.54) is 38.8 Å². The molecule has 0 amide bonds. The fraction of sp³-hybridized carbons (Fsp3) is 1.00. The minimum atomic E-state index is 0.368. The maximum atomic E-state index is 5.63. The van der Waals surface area contributed by atoms with Crippen LogP contribution < -0.4 is 5.32 Å². The zero-order chi connectivity index (χ0) is 15.0. The Balaban J connectivity index is 2.31. The summed E-state index contributed by atoms with van der Waals surface area (Å²) in [5.41, 5.74) is 0. The normalized spacial score (nSPS) is 26.1. The van der Waals surface area contributed by atoms with Gasteiger partial charge in [-0.1, -0.05) is 27.2 Å². The third-order valence-corrected chi connectivity index (χ3v) is 4.66. The van der Waals surface area contributed by atoms with Gasteiger partial charge in [0.05, 0.1) is 6.10 Å². The monoisotopic (exact) mass is 284 g/mol. The van der Waals surface area contributed by atoms with E-state index in [0.29, 0.717) is 12.1 Å². The fourth-order valence-electron chi connectivity index (χ4n) is 2.96. The van der Waals surface area contributed by atoms with E-state index in [1.807, 2.05) is 0 Å². The Hall–Kier alpha value is -0.120. The summed E-state index contributed by atoms with van der Waals surface area (Å²) in [5, 5.41) is 3.75. The van der Waals surface area contributed by atoms with Crippen LogP contribution in [0.2, 0.25) is 0 Å². The molecule has 0 aromatic carbocycles. The van der Waals surface area contributed by atoms with Crippen molar-refractivity contribution in [2.45, 2.75) is 78.5 Å². The first-order chi connectivity index (χ1) is 9.58. The van der Waals surface area contributed by atoms with Crippen molar-refractivity contribution in [2.24, 2.45) is 5.92 Å². The first kappa shape index (κ1) is 17.9. The summed E-state index contributed by atoms with van der Waals surface area (Å²) >= 11 is 0. The molecule has 1 N–H and O–H groups in total. The van der Waals surface area contributed by atoms with Crippen molar-refractivity contribution in [1.82, 2.24) is 10.2 Å². The molecular formula is C17H36N2O. The molecule has 0 spiro atoms. The Kier molecular flexibility index (Phi) is 8.74. The zero-order valence-electron chi connectivity index (χ0n) is 14.3. The molecule has 1 rings (SSSR count). The smallest absolute Gasteiger partial charge is 0.0518 e. The molecule has 1 aliphatic heterocycles. The van der Waals surface area contributed by atoms with E-state index < -0.39 is 0 Å². The zero-order valence-corrected chi connectivity index (χ0v) is 14.3. The summed E-state index contributed by atoms with van der Waals surface area (Å²) < 4.78 is 5.63. The van der Waals surface area contributed by atoms with Crippen LogP contribution in [0.15, 0.2) is 0 Å². The van der Waals surface area contributed by atoms with Gasteiger partial charge >= 0.3 is 0 Å². The van der Waals surface area contributed by atoms with Crippen molar-refractivity contribution in [1.29, 1.82) is 0 Å². The van der Waals surface area contributed by atoms with E-state index in [1.54, 1.807) is 0 Å². The average Bonchev–Trinajstić information content (AvgIpc) is 2.45. The van der Waals surface area contributed by atoms with Crippen LogP contribution in [0.25, 0.3) is 0 Å². The van der Waals surface area contributed by atoms with Gasteiger partial charge in [0, 0.05) is 31.8 Å². The lowest BCUT2D eigenvalue weighted by molar-refractivity contribution is 0.0675. The molecule has 0 aromatic rings. The SMILES string of the molecule is CCC(C)C1CN(CCCCOC(C)C)C(CC)CN1. The molecule has 3 unspecified atom stereocenters. The van der Waals surface area contributed by atoms with Crippen LogP contribution in [0, 0.1) is 5.92 Å². The Morgan fingerprint density at radius 3 is 2.55 bits per heavy atom. The molecule has 0 aromatic heterocycles. The molecule has 3 nitrogen and oxygen atoms in total. The first-order valence-electron chi connectivity index (χ1n) is 8.67. The number of nitrogens with one attached hydrogen (secondary N) is 1. The lowest BCUT2D eigenvalue weighted by atomic mass is 9.94. The summed E-state index contributed by atoms with van der Waals surface area (Å²) in [6.07, 6.45) is 5.34. The summed E-state index contributed by atoms with van der Waals surface area (Å²) in [4.78, 5) is 2.71. The third-order valence-electron chi connectivity index (χ3n) is 4.66.